The fraction of sp³-hybridized carbons (Fsp3) is 0.429. The Morgan fingerprint density at radius 2 is 2.14 bits per heavy atom. The predicted octanol–water partition coefficient (Wildman–Crippen LogP) is 0.764. The lowest BCUT2D eigenvalue weighted by Gasteiger charge is -2.02. The van der Waals surface area contributed by atoms with Gasteiger partial charge in [0.2, 0.25) is 0 Å². The molecule has 1 saturated carbocycles. The van der Waals surface area contributed by atoms with Crippen LogP contribution < -0.4 is 5.14 Å². The van der Waals surface area contributed by atoms with E-state index >= 15 is 0 Å². The van der Waals surface area contributed by atoms with Crippen molar-refractivity contribution in [2.75, 3.05) is 0 Å². The summed E-state index contributed by atoms with van der Waals surface area (Å²) < 4.78 is 22.5. The van der Waals surface area contributed by atoms with Crippen molar-refractivity contribution in [1.29, 1.82) is 0 Å². The van der Waals surface area contributed by atoms with Gasteiger partial charge < -0.3 is 0 Å². The average molecular weight is 278 g/mol. The van der Waals surface area contributed by atoms with Crippen LogP contribution in [0.15, 0.2) is 15.7 Å². The fourth-order valence-electron chi connectivity index (χ4n) is 1.10. The van der Waals surface area contributed by atoms with Crippen molar-refractivity contribution in [2.24, 2.45) is 5.14 Å². The molecular formula is C7H8BrN3O2S. The Morgan fingerprint density at radius 1 is 1.50 bits per heavy atom. The highest BCUT2D eigenvalue weighted by molar-refractivity contribution is 9.10. The number of rotatable bonds is 2. The third-order valence-electron chi connectivity index (χ3n) is 1.94. The minimum Gasteiger partial charge on any atom is -0.240 e. The predicted molar refractivity (Wildman–Crippen MR) is 53.1 cm³/mol. The molecule has 0 aliphatic heterocycles. The van der Waals surface area contributed by atoms with E-state index in [1.165, 1.54) is 6.20 Å². The number of aromatic nitrogens is 2. The molecule has 0 unspecified atom stereocenters. The van der Waals surface area contributed by atoms with Gasteiger partial charge >= 0.3 is 0 Å². The van der Waals surface area contributed by atoms with Gasteiger partial charge in [-0.3, -0.25) is 0 Å². The third kappa shape index (κ3) is 1.94. The van der Waals surface area contributed by atoms with Crippen LogP contribution in [0.1, 0.15) is 24.6 Å². The lowest BCUT2D eigenvalue weighted by Crippen LogP contribution is -2.16. The highest BCUT2D eigenvalue weighted by atomic mass is 79.9. The molecule has 0 amide bonds. The number of nitrogens with zero attached hydrogens (tertiary/aromatic N) is 2. The number of halogens is 1. The topological polar surface area (TPSA) is 85.9 Å². The van der Waals surface area contributed by atoms with Crippen LogP contribution in [-0.2, 0) is 10.0 Å². The van der Waals surface area contributed by atoms with Crippen LogP contribution in [-0.4, -0.2) is 18.4 Å². The van der Waals surface area contributed by atoms with E-state index in [4.69, 9.17) is 5.14 Å². The first-order valence-electron chi connectivity index (χ1n) is 4.04. The van der Waals surface area contributed by atoms with Gasteiger partial charge in [-0.2, -0.15) is 0 Å². The molecule has 0 spiro atoms. The first-order chi connectivity index (χ1) is 6.48. The normalized spacial score (nSPS) is 17.0. The van der Waals surface area contributed by atoms with Crippen LogP contribution in [0, 0.1) is 0 Å². The van der Waals surface area contributed by atoms with Crippen molar-refractivity contribution in [3.63, 3.8) is 0 Å². The lowest BCUT2D eigenvalue weighted by molar-refractivity contribution is 0.591. The summed E-state index contributed by atoms with van der Waals surface area (Å²) in [4.78, 5) is 7.97. The van der Waals surface area contributed by atoms with Crippen LogP contribution in [0.4, 0.5) is 0 Å². The summed E-state index contributed by atoms with van der Waals surface area (Å²) in [5, 5.41) is 4.87. The molecule has 1 fully saturated rings. The molecule has 2 N–H and O–H groups in total. The molecule has 1 aromatic rings. The highest BCUT2D eigenvalue weighted by Crippen LogP contribution is 2.38. The molecule has 1 aromatic heterocycles. The van der Waals surface area contributed by atoms with E-state index in [-0.39, 0.29) is 5.03 Å². The number of primary sulfonamides is 1. The summed E-state index contributed by atoms with van der Waals surface area (Å²) in [6, 6.07) is 0. The van der Waals surface area contributed by atoms with Gasteiger partial charge in [0.15, 0.2) is 5.03 Å². The monoisotopic (exact) mass is 277 g/mol. The number of sulfonamides is 1. The molecule has 0 bridgehead atoms. The number of hydrogen-bond acceptors (Lipinski definition) is 4. The van der Waals surface area contributed by atoms with Crippen molar-refractivity contribution in [2.45, 2.75) is 23.8 Å². The zero-order valence-corrected chi connectivity index (χ0v) is 9.55. The van der Waals surface area contributed by atoms with E-state index in [0.717, 1.165) is 12.8 Å². The Hall–Kier alpha value is -0.530. The summed E-state index contributed by atoms with van der Waals surface area (Å²) in [7, 11) is -3.76. The van der Waals surface area contributed by atoms with Gasteiger partial charge in [0.05, 0.1) is 4.47 Å². The largest absolute Gasteiger partial charge is 0.256 e. The van der Waals surface area contributed by atoms with Crippen molar-refractivity contribution in [3.05, 3.63) is 16.5 Å². The van der Waals surface area contributed by atoms with E-state index in [1.807, 2.05) is 0 Å². The van der Waals surface area contributed by atoms with E-state index in [2.05, 4.69) is 25.9 Å². The Kier molecular flexibility index (Phi) is 2.32. The second kappa shape index (κ2) is 3.25. The molecule has 14 heavy (non-hydrogen) atoms. The fourth-order valence-corrected chi connectivity index (χ4v) is 2.52. The van der Waals surface area contributed by atoms with E-state index in [0.29, 0.717) is 16.2 Å². The van der Waals surface area contributed by atoms with Crippen LogP contribution in [0.5, 0.6) is 0 Å². The van der Waals surface area contributed by atoms with E-state index < -0.39 is 10.0 Å². The van der Waals surface area contributed by atoms with Gasteiger partial charge in [-0.25, -0.2) is 23.5 Å². The van der Waals surface area contributed by atoms with Gasteiger partial charge in [0.1, 0.15) is 5.82 Å². The first kappa shape index (κ1) is 10.0. The van der Waals surface area contributed by atoms with Gasteiger partial charge in [-0.05, 0) is 28.8 Å². The van der Waals surface area contributed by atoms with Crippen LogP contribution in [0.2, 0.25) is 0 Å². The standard InChI is InChI=1S/C7H8BrN3O2S/c8-5-3-10-6(4-1-2-4)11-7(5)14(9,12)13/h3-4H,1-2H2,(H2,9,12,13). The number of nitrogens with two attached hydrogens (primary N) is 1. The summed E-state index contributed by atoms with van der Waals surface area (Å²) in [5.74, 6) is 0.876. The molecule has 2 rings (SSSR count). The molecule has 1 aliphatic rings. The van der Waals surface area contributed by atoms with E-state index in [1.54, 1.807) is 0 Å². The van der Waals surface area contributed by atoms with Crippen molar-refractivity contribution in [1.82, 2.24) is 9.97 Å². The summed E-state index contributed by atoms with van der Waals surface area (Å²) in [5.41, 5.74) is 0. The summed E-state index contributed by atoms with van der Waals surface area (Å²) in [6.07, 6.45) is 3.47. The zero-order valence-electron chi connectivity index (χ0n) is 7.14. The van der Waals surface area contributed by atoms with Crippen LogP contribution >= 0.6 is 15.9 Å². The second-order valence-corrected chi connectivity index (χ2v) is 5.53. The van der Waals surface area contributed by atoms with Crippen molar-refractivity contribution < 1.29 is 8.42 Å². The Balaban J connectivity index is 2.52. The van der Waals surface area contributed by atoms with Gasteiger partial charge in [0.25, 0.3) is 10.0 Å². The molecule has 5 nitrogen and oxygen atoms in total. The molecular weight excluding hydrogens is 270 g/mol. The molecule has 1 aliphatic carbocycles. The molecule has 0 aromatic carbocycles. The van der Waals surface area contributed by atoms with Crippen LogP contribution in [0.25, 0.3) is 0 Å². The Labute approximate surface area is 89.9 Å². The van der Waals surface area contributed by atoms with Gasteiger partial charge in [-0.15, -0.1) is 0 Å². The highest BCUT2D eigenvalue weighted by Gasteiger charge is 2.28. The molecule has 1 heterocycles. The van der Waals surface area contributed by atoms with Crippen molar-refractivity contribution >= 4 is 26.0 Å². The quantitative estimate of drug-likeness (QED) is 0.809. The SMILES string of the molecule is NS(=O)(=O)c1nc(C2CC2)ncc1Br. The first-order valence-corrected chi connectivity index (χ1v) is 6.37. The minimum absolute atomic E-state index is 0.130. The zero-order chi connectivity index (χ0) is 10.3. The second-order valence-electron chi connectivity index (χ2n) is 3.20. The maximum absolute atomic E-state index is 11.1. The van der Waals surface area contributed by atoms with Gasteiger partial charge in [-0.1, -0.05) is 0 Å². The molecule has 0 radical (unpaired) electrons. The third-order valence-corrected chi connectivity index (χ3v) is 3.64. The smallest absolute Gasteiger partial charge is 0.240 e. The maximum Gasteiger partial charge on any atom is 0.256 e. The van der Waals surface area contributed by atoms with E-state index in [9.17, 15) is 8.42 Å². The summed E-state index contributed by atoms with van der Waals surface area (Å²) in [6.45, 7) is 0. The molecule has 0 atom stereocenters. The lowest BCUT2D eigenvalue weighted by atomic mass is 10.4. The van der Waals surface area contributed by atoms with Crippen LogP contribution in [0.3, 0.4) is 0 Å². The maximum atomic E-state index is 11.1. The molecule has 76 valence electrons. The van der Waals surface area contributed by atoms with Crippen molar-refractivity contribution in [3.8, 4) is 0 Å². The Morgan fingerprint density at radius 3 is 2.64 bits per heavy atom. The molecule has 7 heteroatoms. The number of hydrogen-bond donors (Lipinski definition) is 1. The summed E-state index contributed by atoms with van der Waals surface area (Å²) >= 11 is 3.05. The average Bonchev–Trinajstić information content (AvgIpc) is 2.85. The minimum atomic E-state index is -3.76. The Bertz CT molecular complexity index is 470. The van der Waals surface area contributed by atoms with Gasteiger partial charge in [0, 0.05) is 12.1 Å². The molecule has 0 saturated heterocycles.